The molecule has 3 aromatic carbocycles. The topological polar surface area (TPSA) is 91.0 Å². The van der Waals surface area contributed by atoms with Crippen LogP contribution < -0.4 is 20.4 Å². The molecule has 0 radical (unpaired) electrons. The molecule has 1 aliphatic heterocycles. The summed E-state index contributed by atoms with van der Waals surface area (Å²) in [6.07, 6.45) is -0.206. The molecule has 0 bridgehead atoms. The third-order valence-corrected chi connectivity index (χ3v) is 6.42. The van der Waals surface area contributed by atoms with Crippen molar-refractivity contribution < 1.29 is 19.1 Å². The van der Waals surface area contributed by atoms with E-state index in [0.29, 0.717) is 28.6 Å². The molecule has 3 aromatic rings. The Bertz CT molecular complexity index is 1310. The largest absolute Gasteiger partial charge is 0.497 e. The second kappa shape index (κ2) is 11.2. The van der Waals surface area contributed by atoms with E-state index in [2.05, 4.69) is 24.6 Å². The monoisotopic (exact) mass is 516 g/mol. The van der Waals surface area contributed by atoms with Crippen LogP contribution in [0.25, 0.3) is 0 Å². The second-order valence-electron chi connectivity index (χ2n) is 8.88. The van der Waals surface area contributed by atoms with Crippen molar-refractivity contribution in [3.05, 3.63) is 90.0 Å². The summed E-state index contributed by atoms with van der Waals surface area (Å²) in [6, 6.07) is 21.9. The number of amides is 3. The number of carbonyl (C=O) groups excluding carboxylic acids is 3. The number of carbonyl (C=O) groups is 3. The number of nitrogens with zero attached hydrogens (tertiary/aromatic N) is 2. The fourth-order valence-electron chi connectivity index (χ4n) is 3.98. The van der Waals surface area contributed by atoms with Crippen LogP contribution in [0.15, 0.2) is 78.9 Å². The first-order valence-corrected chi connectivity index (χ1v) is 12.3. The molecule has 0 aliphatic carbocycles. The van der Waals surface area contributed by atoms with E-state index >= 15 is 0 Å². The highest BCUT2D eigenvalue weighted by Gasteiger charge is 2.42. The Hall–Kier alpha value is -4.24. The van der Waals surface area contributed by atoms with Crippen LogP contribution in [0.3, 0.4) is 0 Å². The van der Waals surface area contributed by atoms with Gasteiger partial charge in [0.15, 0.2) is 0 Å². The lowest BCUT2D eigenvalue weighted by atomic mass is 10.0. The molecule has 0 aromatic heterocycles. The minimum absolute atomic E-state index is 0.0240. The zero-order chi connectivity index (χ0) is 26.5. The summed E-state index contributed by atoms with van der Waals surface area (Å²) in [7, 11) is 1.52. The summed E-state index contributed by atoms with van der Waals surface area (Å²) in [4.78, 5) is 41.0. The lowest BCUT2D eigenvalue weighted by Crippen LogP contribution is -2.65. The number of methoxy groups -OCH3 is 1. The summed E-state index contributed by atoms with van der Waals surface area (Å²) >= 11 is 5.66. The maximum absolute atomic E-state index is 13.4. The number of hydrazine groups is 1. The lowest BCUT2D eigenvalue weighted by molar-refractivity contribution is -0.127. The van der Waals surface area contributed by atoms with Crippen LogP contribution >= 0.6 is 12.2 Å². The van der Waals surface area contributed by atoms with Crippen LogP contribution in [-0.2, 0) is 9.59 Å². The van der Waals surface area contributed by atoms with Gasteiger partial charge in [0, 0.05) is 17.3 Å². The van der Waals surface area contributed by atoms with Gasteiger partial charge < -0.3 is 10.1 Å². The first-order valence-electron chi connectivity index (χ1n) is 11.9. The van der Waals surface area contributed by atoms with Gasteiger partial charge in [0.05, 0.1) is 19.2 Å². The SMILES string of the molecule is COc1cccc(N2C(=O)CC(C(=O)Nc3ccc(C(C)C)cc3)N(NC(=O)c3ccccc3)C2=S)c1. The number of hydrogen-bond donors (Lipinski definition) is 2. The summed E-state index contributed by atoms with van der Waals surface area (Å²) in [5, 5.41) is 4.11. The predicted molar refractivity (Wildman–Crippen MR) is 146 cm³/mol. The average Bonchev–Trinajstić information content (AvgIpc) is 2.91. The predicted octanol–water partition coefficient (Wildman–Crippen LogP) is 4.49. The fourth-order valence-corrected chi connectivity index (χ4v) is 4.36. The number of anilines is 2. The van der Waals surface area contributed by atoms with Crippen molar-refractivity contribution in [2.75, 3.05) is 17.3 Å². The van der Waals surface area contributed by atoms with Crippen LogP contribution in [0.2, 0.25) is 0 Å². The van der Waals surface area contributed by atoms with Crippen molar-refractivity contribution in [3.63, 3.8) is 0 Å². The summed E-state index contributed by atoms with van der Waals surface area (Å²) in [5.41, 5.74) is 5.32. The Kier molecular flexibility index (Phi) is 7.83. The zero-order valence-electron chi connectivity index (χ0n) is 20.8. The van der Waals surface area contributed by atoms with E-state index in [-0.39, 0.29) is 17.4 Å². The number of thiocarbonyl (C=S) groups is 1. The van der Waals surface area contributed by atoms with Gasteiger partial charge in [-0.3, -0.25) is 24.7 Å². The molecule has 0 saturated carbocycles. The molecule has 3 amide bonds. The van der Waals surface area contributed by atoms with E-state index in [9.17, 15) is 14.4 Å². The standard InChI is InChI=1S/C28H28N4O4S/c1-18(2)19-12-14-21(15-13-19)29-27(35)24-17-25(33)31(22-10-7-11-23(16-22)36-3)28(37)32(24)30-26(34)20-8-5-4-6-9-20/h4-16,18,24H,17H2,1-3H3,(H,29,35)(H,30,34). The van der Waals surface area contributed by atoms with Gasteiger partial charge in [0.1, 0.15) is 11.8 Å². The molecule has 37 heavy (non-hydrogen) atoms. The first-order chi connectivity index (χ1) is 17.8. The maximum atomic E-state index is 13.4. The first kappa shape index (κ1) is 25.8. The Morgan fingerprint density at radius 1 is 1.00 bits per heavy atom. The molecule has 0 spiro atoms. The highest BCUT2D eigenvalue weighted by molar-refractivity contribution is 7.80. The number of hydrogen-bond acceptors (Lipinski definition) is 5. The van der Waals surface area contributed by atoms with Crippen LogP contribution in [-0.4, -0.2) is 41.0 Å². The molecule has 2 N–H and O–H groups in total. The quantitative estimate of drug-likeness (QED) is 0.450. The van der Waals surface area contributed by atoms with E-state index in [0.717, 1.165) is 5.56 Å². The van der Waals surface area contributed by atoms with Gasteiger partial charge in [-0.2, -0.15) is 0 Å². The zero-order valence-corrected chi connectivity index (χ0v) is 21.6. The van der Waals surface area contributed by atoms with Gasteiger partial charge in [0.2, 0.25) is 16.9 Å². The molecule has 1 saturated heterocycles. The van der Waals surface area contributed by atoms with E-state index in [1.54, 1.807) is 54.6 Å². The molecule has 8 nitrogen and oxygen atoms in total. The summed E-state index contributed by atoms with van der Waals surface area (Å²) in [5.74, 6) is -0.408. The number of rotatable bonds is 7. The Balaban J connectivity index is 1.63. The Morgan fingerprint density at radius 3 is 2.35 bits per heavy atom. The van der Waals surface area contributed by atoms with Crippen LogP contribution in [0.5, 0.6) is 5.75 Å². The molecular weight excluding hydrogens is 488 g/mol. The van der Waals surface area contributed by atoms with Gasteiger partial charge >= 0.3 is 0 Å². The molecule has 1 unspecified atom stereocenters. The van der Waals surface area contributed by atoms with Crippen molar-refractivity contribution >= 4 is 46.4 Å². The molecule has 9 heteroatoms. The maximum Gasteiger partial charge on any atom is 0.269 e. The second-order valence-corrected chi connectivity index (χ2v) is 9.24. The smallest absolute Gasteiger partial charge is 0.269 e. The van der Waals surface area contributed by atoms with Gasteiger partial charge in [0.25, 0.3) is 5.91 Å². The van der Waals surface area contributed by atoms with Gasteiger partial charge in [-0.15, -0.1) is 0 Å². The Labute approximate surface area is 221 Å². The normalized spacial score (nSPS) is 15.5. The fraction of sp³-hybridized carbons (Fsp3) is 0.214. The average molecular weight is 517 g/mol. The van der Waals surface area contributed by atoms with E-state index in [1.807, 2.05) is 24.3 Å². The van der Waals surface area contributed by atoms with E-state index in [4.69, 9.17) is 17.0 Å². The minimum Gasteiger partial charge on any atom is -0.497 e. The number of benzene rings is 3. The third-order valence-electron chi connectivity index (χ3n) is 6.04. The van der Waals surface area contributed by atoms with Crippen LogP contribution in [0.4, 0.5) is 11.4 Å². The van der Waals surface area contributed by atoms with Crippen molar-refractivity contribution in [1.29, 1.82) is 0 Å². The van der Waals surface area contributed by atoms with Crippen molar-refractivity contribution in [3.8, 4) is 5.75 Å². The van der Waals surface area contributed by atoms with Crippen LogP contribution in [0, 0.1) is 0 Å². The van der Waals surface area contributed by atoms with Gasteiger partial charge in [-0.1, -0.05) is 50.2 Å². The minimum atomic E-state index is -1.06. The highest BCUT2D eigenvalue weighted by atomic mass is 32.1. The molecule has 4 rings (SSSR count). The van der Waals surface area contributed by atoms with Crippen molar-refractivity contribution in [2.45, 2.75) is 32.2 Å². The van der Waals surface area contributed by atoms with Crippen molar-refractivity contribution in [2.24, 2.45) is 0 Å². The number of ether oxygens (including phenoxy) is 1. The molecule has 1 aliphatic rings. The molecule has 190 valence electrons. The third kappa shape index (κ3) is 5.78. The number of nitrogens with one attached hydrogen (secondary N) is 2. The summed E-state index contributed by atoms with van der Waals surface area (Å²) < 4.78 is 5.29. The van der Waals surface area contributed by atoms with Gasteiger partial charge in [-0.05, 0) is 60.1 Å². The van der Waals surface area contributed by atoms with Crippen LogP contribution in [0.1, 0.15) is 42.1 Å². The summed E-state index contributed by atoms with van der Waals surface area (Å²) in [6.45, 7) is 4.17. The molecule has 1 atom stereocenters. The van der Waals surface area contributed by atoms with E-state index < -0.39 is 17.9 Å². The molecule has 1 fully saturated rings. The lowest BCUT2D eigenvalue weighted by Gasteiger charge is -2.41. The molecular formula is C28H28N4O4S. The van der Waals surface area contributed by atoms with E-state index in [1.165, 1.54) is 17.0 Å². The Morgan fingerprint density at radius 2 is 1.70 bits per heavy atom. The van der Waals surface area contributed by atoms with Crippen molar-refractivity contribution in [1.82, 2.24) is 10.4 Å². The highest BCUT2D eigenvalue weighted by Crippen LogP contribution is 2.28. The molecule has 1 heterocycles. The van der Waals surface area contributed by atoms with Gasteiger partial charge in [-0.25, -0.2) is 5.01 Å².